The third-order valence-electron chi connectivity index (χ3n) is 6.28. The summed E-state index contributed by atoms with van der Waals surface area (Å²) < 4.78 is 0. The molecule has 0 heterocycles. The van der Waals surface area contributed by atoms with Crippen molar-refractivity contribution in [2.75, 3.05) is 19.5 Å². The molecule has 0 radical (unpaired) electrons. The van der Waals surface area contributed by atoms with E-state index in [4.69, 9.17) is 11.6 Å². The maximum Gasteiger partial charge on any atom is 0.228 e. The van der Waals surface area contributed by atoms with Gasteiger partial charge in [-0.2, -0.15) is 0 Å². The quantitative estimate of drug-likeness (QED) is 0.524. The van der Waals surface area contributed by atoms with Gasteiger partial charge in [-0.05, 0) is 68.6 Å². The minimum absolute atomic E-state index is 0.0000675. The van der Waals surface area contributed by atoms with Gasteiger partial charge in [-0.25, -0.2) is 0 Å². The fourth-order valence-corrected chi connectivity index (χ4v) is 6.29. The molecule has 1 amide bonds. The molecule has 0 saturated heterocycles. The number of amides is 1. The first kappa shape index (κ1) is 15.6. The molecule has 0 aromatic heterocycles. The molecule has 4 aliphatic rings. The van der Waals surface area contributed by atoms with Gasteiger partial charge < -0.3 is 4.90 Å². The molecular formula is C18H30ClNO. The largest absolute Gasteiger partial charge is 0.345 e. The summed E-state index contributed by atoms with van der Waals surface area (Å²) in [7, 11) is 2.02. The van der Waals surface area contributed by atoms with E-state index in [0.717, 1.165) is 49.9 Å². The SMILES string of the molecule is CN(CCCCCCl)C(=O)C12CC3CC(CC(C)(C3)C1)C2. The summed E-state index contributed by atoms with van der Waals surface area (Å²) in [6.45, 7) is 3.34. The van der Waals surface area contributed by atoms with E-state index in [0.29, 0.717) is 11.3 Å². The third kappa shape index (κ3) is 2.98. The normalized spacial score (nSPS) is 40.5. The standard InChI is InChI=1S/C18H30ClNO/c1-17-9-14-8-15(10-17)12-18(11-14,13-17)16(21)20(2)7-5-3-4-6-19/h14-15H,3-13H2,1-2H3. The number of carbonyl (C=O) groups excluding carboxylic acids is 1. The summed E-state index contributed by atoms with van der Waals surface area (Å²) in [6, 6.07) is 0. The highest BCUT2D eigenvalue weighted by Gasteiger charge is 2.59. The van der Waals surface area contributed by atoms with Gasteiger partial charge in [-0.15, -0.1) is 11.6 Å². The number of hydrogen-bond acceptors (Lipinski definition) is 1. The molecule has 4 aliphatic carbocycles. The number of hydrogen-bond donors (Lipinski definition) is 0. The first-order valence-electron chi connectivity index (χ1n) is 8.78. The van der Waals surface area contributed by atoms with Crippen molar-refractivity contribution in [1.82, 2.24) is 4.90 Å². The molecule has 0 spiro atoms. The average molecular weight is 312 g/mol. The highest BCUT2D eigenvalue weighted by Crippen LogP contribution is 2.65. The third-order valence-corrected chi connectivity index (χ3v) is 6.55. The second-order valence-corrected chi connectivity index (χ2v) is 8.91. The van der Waals surface area contributed by atoms with E-state index in [1.54, 1.807) is 0 Å². The molecule has 3 heteroatoms. The lowest BCUT2D eigenvalue weighted by atomic mass is 9.44. The lowest BCUT2D eigenvalue weighted by molar-refractivity contribution is -0.164. The number of carbonyl (C=O) groups is 1. The van der Waals surface area contributed by atoms with Crippen molar-refractivity contribution in [3.63, 3.8) is 0 Å². The molecule has 4 saturated carbocycles. The van der Waals surface area contributed by atoms with Crippen LogP contribution in [0.4, 0.5) is 0 Å². The molecular weight excluding hydrogens is 282 g/mol. The van der Waals surface area contributed by atoms with Crippen LogP contribution in [0.3, 0.4) is 0 Å². The zero-order valence-corrected chi connectivity index (χ0v) is 14.4. The first-order valence-corrected chi connectivity index (χ1v) is 9.31. The van der Waals surface area contributed by atoms with Gasteiger partial charge in [-0.3, -0.25) is 4.79 Å². The maximum absolute atomic E-state index is 13.1. The Kier molecular flexibility index (Phi) is 4.29. The molecule has 0 N–H and O–H groups in total. The molecule has 120 valence electrons. The zero-order valence-electron chi connectivity index (χ0n) is 13.7. The van der Waals surface area contributed by atoms with Gasteiger partial charge in [0.1, 0.15) is 0 Å². The lowest BCUT2D eigenvalue weighted by Crippen LogP contribution is -2.57. The number of halogens is 1. The van der Waals surface area contributed by atoms with E-state index in [2.05, 4.69) is 6.92 Å². The highest BCUT2D eigenvalue weighted by atomic mass is 35.5. The van der Waals surface area contributed by atoms with Gasteiger partial charge in [-0.1, -0.05) is 13.3 Å². The molecule has 4 fully saturated rings. The van der Waals surface area contributed by atoms with Gasteiger partial charge in [0.25, 0.3) is 0 Å². The Balaban J connectivity index is 1.64. The van der Waals surface area contributed by atoms with Crippen LogP contribution in [-0.4, -0.2) is 30.3 Å². The van der Waals surface area contributed by atoms with Gasteiger partial charge >= 0.3 is 0 Å². The molecule has 21 heavy (non-hydrogen) atoms. The Morgan fingerprint density at radius 1 is 1.14 bits per heavy atom. The predicted molar refractivity (Wildman–Crippen MR) is 87.4 cm³/mol. The summed E-state index contributed by atoms with van der Waals surface area (Å²) in [5.41, 5.74) is 0.458. The minimum Gasteiger partial charge on any atom is -0.345 e. The summed E-state index contributed by atoms with van der Waals surface area (Å²) in [6.07, 6.45) is 10.9. The average Bonchev–Trinajstić information content (AvgIpc) is 2.39. The fraction of sp³-hybridized carbons (Fsp3) is 0.944. The van der Waals surface area contributed by atoms with Crippen molar-refractivity contribution in [3.05, 3.63) is 0 Å². The van der Waals surface area contributed by atoms with Crippen LogP contribution < -0.4 is 0 Å². The Labute approximate surface area is 134 Å². The summed E-state index contributed by atoms with van der Waals surface area (Å²) in [5, 5.41) is 0. The summed E-state index contributed by atoms with van der Waals surface area (Å²) in [5.74, 6) is 2.84. The van der Waals surface area contributed by atoms with E-state index >= 15 is 0 Å². The Morgan fingerprint density at radius 2 is 1.81 bits per heavy atom. The van der Waals surface area contributed by atoms with Crippen LogP contribution in [-0.2, 0) is 4.79 Å². The van der Waals surface area contributed by atoms with Crippen LogP contribution in [0.1, 0.15) is 64.7 Å². The van der Waals surface area contributed by atoms with Crippen molar-refractivity contribution in [2.24, 2.45) is 22.7 Å². The van der Waals surface area contributed by atoms with Gasteiger partial charge in [0.15, 0.2) is 0 Å². The van der Waals surface area contributed by atoms with Crippen molar-refractivity contribution in [1.29, 1.82) is 0 Å². The van der Waals surface area contributed by atoms with Gasteiger partial charge in [0, 0.05) is 19.5 Å². The molecule has 2 unspecified atom stereocenters. The van der Waals surface area contributed by atoms with Gasteiger partial charge in [0.2, 0.25) is 5.91 Å². The first-order chi connectivity index (χ1) is 9.96. The van der Waals surface area contributed by atoms with Crippen molar-refractivity contribution >= 4 is 17.5 Å². The molecule has 4 bridgehead atoms. The lowest BCUT2D eigenvalue weighted by Gasteiger charge is -2.61. The van der Waals surface area contributed by atoms with Crippen LogP contribution >= 0.6 is 11.6 Å². The topological polar surface area (TPSA) is 20.3 Å². The Morgan fingerprint density at radius 3 is 2.38 bits per heavy atom. The van der Waals surface area contributed by atoms with Crippen molar-refractivity contribution in [3.8, 4) is 0 Å². The van der Waals surface area contributed by atoms with Crippen molar-refractivity contribution in [2.45, 2.75) is 64.7 Å². The molecule has 0 aromatic carbocycles. The number of unbranched alkanes of at least 4 members (excludes halogenated alkanes) is 2. The van der Waals surface area contributed by atoms with Crippen molar-refractivity contribution < 1.29 is 4.79 Å². The van der Waals surface area contributed by atoms with E-state index in [1.807, 2.05) is 11.9 Å². The maximum atomic E-state index is 13.1. The van der Waals surface area contributed by atoms with Gasteiger partial charge in [0.05, 0.1) is 5.41 Å². The zero-order chi connectivity index (χ0) is 15.1. The predicted octanol–water partition coefficient (Wildman–Crippen LogP) is 4.46. The van der Waals surface area contributed by atoms with Crippen LogP contribution in [0.5, 0.6) is 0 Å². The van der Waals surface area contributed by atoms with E-state index < -0.39 is 0 Å². The molecule has 2 nitrogen and oxygen atoms in total. The molecule has 4 rings (SSSR count). The highest BCUT2D eigenvalue weighted by molar-refractivity contribution is 6.17. The van der Waals surface area contributed by atoms with Crippen LogP contribution in [0.15, 0.2) is 0 Å². The van der Waals surface area contributed by atoms with Crippen LogP contribution in [0.2, 0.25) is 0 Å². The molecule has 0 aliphatic heterocycles. The van der Waals surface area contributed by atoms with Crippen LogP contribution in [0, 0.1) is 22.7 Å². The minimum atomic E-state index is 0.0000675. The fourth-order valence-electron chi connectivity index (χ4n) is 6.10. The Hall–Kier alpha value is -0.240. The Bertz CT molecular complexity index is 394. The number of nitrogens with zero attached hydrogens (tertiary/aromatic N) is 1. The monoisotopic (exact) mass is 311 g/mol. The van der Waals surface area contributed by atoms with Crippen LogP contribution in [0.25, 0.3) is 0 Å². The molecule has 2 atom stereocenters. The number of alkyl halides is 1. The van der Waals surface area contributed by atoms with E-state index in [-0.39, 0.29) is 5.41 Å². The van der Waals surface area contributed by atoms with E-state index in [9.17, 15) is 4.79 Å². The summed E-state index contributed by atoms with van der Waals surface area (Å²) in [4.78, 5) is 15.1. The smallest absolute Gasteiger partial charge is 0.228 e. The summed E-state index contributed by atoms with van der Waals surface area (Å²) >= 11 is 5.73. The molecule has 0 aromatic rings. The second-order valence-electron chi connectivity index (χ2n) is 8.53. The van der Waals surface area contributed by atoms with E-state index in [1.165, 1.54) is 32.1 Å². The second kappa shape index (κ2) is 5.76. The number of rotatable bonds is 6.